The number of anilines is 2. The first-order valence-corrected chi connectivity index (χ1v) is 12.4. The van der Waals surface area contributed by atoms with E-state index < -0.39 is 0 Å². The lowest BCUT2D eigenvalue weighted by Gasteiger charge is -2.32. The Morgan fingerprint density at radius 2 is 1.84 bits per heavy atom. The summed E-state index contributed by atoms with van der Waals surface area (Å²) in [5.74, 6) is 1.93. The highest BCUT2D eigenvalue weighted by Gasteiger charge is 2.18. The van der Waals surface area contributed by atoms with Gasteiger partial charge < -0.3 is 33.7 Å². The van der Waals surface area contributed by atoms with Crippen LogP contribution in [0, 0.1) is 11.3 Å². The van der Waals surface area contributed by atoms with Crippen molar-refractivity contribution in [3.8, 4) is 23.3 Å². The van der Waals surface area contributed by atoms with E-state index in [9.17, 15) is 5.26 Å². The van der Waals surface area contributed by atoms with Crippen LogP contribution in [0.4, 0.5) is 11.4 Å². The molecule has 9 nitrogen and oxygen atoms in total. The van der Waals surface area contributed by atoms with Gasteiger partial charge in [0.1, 0.15) is 11.8 Å². The monoisotopic (exact) mass is 501 g/mol. The van der Waals surface area contributed by atoms with Crippen LogP contribution in [0.1, 0.15) is 12.0 Å². The Bertz CT molecular complexity index is 1440. The topological polar surface area (TPSA) is 96.0 Å². The van der Waals surface area contributed by atoms with Crippen LogP contribution in [0.15, 0.2) is 47.2 Å². The number of hydrogen-bond donors (Lipinski definition) is 1. The molecular weight excluding hydrogens is 470 g/mol. The fourth-order valence-corrected chi connectivity index (χ4v) is 4.68. The molecule has 3 heterocycles. The zero-order valence-electron chi connectivity index (χ0n) is 21.4. The number of hydrogen-bond acceptors (Lipinski definition) is 9. The standard InChI is InChI=1S/C28H31N5O4/c1-32-9-11-33(12-10-32)8-4-13-36-26-16-23-21(15-25(26)35-3)27(19(17-29)18-30-23)31-22-5-6-24(34-2)20-7-14-37-28(20)22/h5-7,14-16,18H,4,8-13H2,1-3H3,(H,30,31). The molecule has 0 radical (unpaired) electrons. The molecule has 5 rings (SSSR count). The van der Waals surface area contributed by atoms with Crippen molar-refractivity contribution >= 4 is 33.2 Å². The van der Waals surface area contributed by atoms with Crippen LogP contribution < -0.4 is 19.5 Å². The Morgan fingerprint density at radius 1 is 1.03 bits per heavy atom. The second kappa shape index (κ2) is 10.9. The van der Waals surface area contributed by atoms with Gasteiger partial charge in [-0.1, -0.05) is 0 Å². The maximum Gasteiger partial charge on any atom is 0.163 e. The Hall–Kier alpha value is -4.00. The van der Waals surface area contributed by atoms with E-state index in [0.717, 1.165) is 49.9 Å². The number of nitrogens with zero attached hydrogens (tertiary/aromatic N) is 4. The molecule has 0 aliphatic carbocycles. The molecule has 0 spiro atoms. The molecule has 0 amide bonds. The first-order chi connectivity index (χ1) is 18.1. The summed E-state index contributed by atoms with van der Waals surface area (Å²) in [7, 11) is 5.40. The maximum absolute atomic E-state index is 9.82. The van der Waals surface area contributed by atoms with E-state index in [1.54, 1.807) is 26.7 Å². The Labute approximate surface area is 216 Å². The van der Waals surface area contributed by atoms with Gasteiger partial charge in [-0.05, 0) is 37.7 Å². The summed E-state index contributed by atoms with van der Waals surface area (Å²) in [6.45, 7) is 5.98. The van der Waals surface area contributed by atoms with E-state index >= 15 is 0 Å². The Balaban J connectivity index is 1.40. The molecule has 2 aromatic carbocycles. The number of likely N-dealkylation sites (N-methyl/N-ethyl adjacent to an activating group) is 1. The third-order valence-corrected chi connectivity index (χ3v) is 6.80. The Morgan fingerprint density at radius 3 is 2.59 bits per heavy atom. The second-order valence-corrected chi connectivity index (χ2v) is 9.13. The third kappa shape index (κ3) is 5.12. The minimum atomic E-state index is 0.408. The van der Waals surface area contributed by atoms with Gasteiger partial charge in [-0.15, -0.1) is 0 Å². The van der Waals surface area contributed by atoms with Gasteiger partial charge in [0.05, 0.1) is 54.9 Å². The molecule has 1 aliphatic heterocycles. The summed E-state index contributed by atoms with van der Waals surface area (Å²) < 4.78 is 23.0. The number of pyridine rings is 1. The molecule has 2 aromatic heterocycles. The van der Waals surface area contributed by atoms with Crippen molar-refractivity contribution in [2.24, 2.45) is 0 Å². The van der Waals surface area contributed by atoms with E-state index in [1.165, 1.54) is 0 Å². The molecule has 37 heavy (non-hydrogen) atoms. The van der Waals surface area contributed by atoms with Crippen LogP contribution in [-0.4, -0.2) is 75.4 Å². The number of rotatable bonds is 9. The molecular formula is C28H31N5O4. The molecule has 0 unspecified atom stereocenters. The predicted octanol–water partition coefficient (Wildman–Crippen LogP) is 4.63. The fourth-order valence-electron chi connectivity index (χ4n) is 4.68. The number of nitrogens with one attached hydrogen (secondary N) is 1. The van der Waals surface area contributed by atoms with Crippen molar-refractivity contribution in [1.82, 2.24) is 14.8 Å². The molecule has 0 saturated carbocycles. The molecule has 1 aliphatic rings. The average Bonchev–Trinajstić information content (AvgIpc) is 3.42. The van der Waals surface area contributed by atoms with E-state index in [0.29, 0.717) is 51.9 Å². The first kappa shape index (κ1) is 24.7. The number of furan rings is 1. The lowest BCUT2D eigenvalue weighted by Crippen LogP contribution is -2.44. The summed E-state index contributed by atoms with van der Waals surface area (Å²) in [4.78, 5) is 9.35. The van der Waals surface area contributed by atoms with Gasteiger partial charge in [-0.25, -0.2) is 0 Å². The van der Waals surface area contributed by atoms with Crippen molar-refractivity contribution in [1.29, 1.82) is 5.26 Å². The van der Waals surface area contributed by atoms with Crippen molar-refractivity contribution in [3.63, 3.8) is 0 Å². The van der Waals surface area contributed by atoms with E-state index in [-0.39, 0.29) is 0 Å². The van der Waals surface area contributed by atoms with Gasteiger partial charge in [-0.2, -0.15) is 5.26 Å². The van der Waals surface area contributed by atoms with Crippen LogP contribution in [0.5, 0.6) is 17.2 Å². The minimum Gasteiger partial charge on any atom is -0.496 e. The molecule has 192 valence electrons. The molecule has 1 N–H and O–H groups in total. The number of piperazine rings is 1. The van der Waals surface area contributed by atoms with E-state index in [4.69, 9.17) is 18.6 Å². The predicted molar refractivity (Wildman–Crippen MR) is 143 cm³/mol. The number of fused-ring (bicyclic) bond motifs is 2. The van der Waals surface area contributed by atoms with Gasteiger partial charge in [0.15, 0.2) is 17.1 Å². The average molecular weight is 502 g/mol. The number of ether oxygens (including phenoxy) is 3. The maximum atomic E-state index is 9.82. The van der Waals surface area contributed by atoms with Gasteiger partial charge in [0.25, 0.3) is 0 Å². The quantitative estimate of drug-likeness (QED) is 0.329. The molecule has 1 saturated heterocycles. The lowest BCUT2D eigenvalue weighted by molar-refractivity contribution is 0.145. The molecule has 0 atom stereocenters. The van der Waals surface area contributed by atoms with Gasteiger partial charge in [-0.3, -0.25) is 4.98 Å². The highest BCUT2D eigenvalue weighted by Crippen LogP contribution is 2.39. The zero-order valence-corrected chi connectivity index (χ0v) is 21.4. The fraction of sp³-hybridized carbons (Fsp3) is 0.357. The second-order valence-electron chi connectivity index (χ2n) is 9.13. The van der Waals surface area contributed by atoms with Crippen molar-refractivity contribution < 1.29 is 18.6 Å². The smallest absolute Gasteiger partial charge is 0.163 e. The van der Waals surface area contributed by atoms with Gasteiger partial charge >= 0.3 is 0 Å². The van der Waals surface area contributed by atoms with Crippen molar-refractivity contribution in [3.05, 3.63) is 48.4 Å². The summed E-state index contributed by atoms with van der Waals surface area (Å²) in [5.41, 5.74) is 3.08. The summed E-state index contributed by atoms with van der Waals surface area (Å²) in [5, 5.41) is 14.8. The molecule has 9 heteroatoms. The molecule has 0 bridgehead atoms. The van der Waals surface area contributed by atoms with E-state index in [1.807, 2.05) is 30.3 Å². The summed E-state index contributed by atoms with van der Waals surface area (Å²) in [6, 6.07) is 11.6. The zero-order chi connectivity index (χ0) is 25.8. The molecule has 1 fully saturated rings. The first-order valence-electron chi connectivity index (χ1n) is 12.4. The van der Waals surface area contributed by atoms with Crippen LogP contribution >= 0.6 is 0 Å². The highest BCUT2D eigenvalue weighted by molar-refractivity contribution is 6.01. The SMILES string of the molecule is COc1cc2c(Nc3ccc(OC)c4ccoc34)c(C#N)cnc2cc1OCCCN1CCN(C)CC1. The number of nitriles is 1. The number of benzene rings is 2. The Kier molecular flexibility index (Phi) is 7.30. The van der Waals surface area contributed by atoms with Crippen LogP contribution in [0.3, 0.4) is 0 Å². The molecule has 4 aromatic rings. The summed E-state index contributed by atoms with van der Waals surface area (Å²) in [6.07, 6.45) is 4.11. The van der Waals surface area contributed by atoms with Gasteiger partial charge in [0.2, 0.25) is 0 Å². The van der Waals surface area contributed by atoms with E-state index in [2.05, 4.69) is 33.2 Å². The normalized spacial score (nSPS) is 14.5. The van der Waals surface area contributed by atoms with Crippen LogP contribution in [-0.2, 0) is 0 Å². The van der Waals surface area contributed by atoms with Crippen molar-refractivity contribution in [2.45, 2.75) is 6.42 Å². The summed E-state index contributed by atoms with van der Waals surface area (Å²) >= 11 is 0. The van der Waals surface area contributed by atoms with Crippen LogP contribution in [0.2, 0.25) is 0 Å². The lowest BCUT2D eigenvalue weighted by atomic mass is 10.1. The third-order valence-electron chi connectivity index (χ3n) is 6.80. The number of aromatic nitrogens is 1. The number of methoxy groups -OCH3 is 2. The van der Waals surface area contributed by atoms with Crippen LogP contribution in [0.25, 0.3) is 21.9 Å². The van der Waals surface area contributed by atoms with Gasteiger partial charge in [0, 0.05) is 50.4 Å². The van der Waals surface area contributed by atoms with Crippen molar-refractivity contribution in [2.75, 3.05) is 65.9 Å². The highest BCUT2D eigenvalue weighted by atomic mass is 16.5. The largest absolute Gasteiger partial charge is 0.496 e. The minimum absolute atomic E-state index is 0.408.